The van der Waals surface area contributed by atoms with Crippen LogP contribution in [-0.4, -0.2) is 58.1 Å². The third-order valence-electron chi connectivity index (χ3n) is 5.07. The van der Waals surface area contributed by atoms with Crippen molar-refractivity contribution in [2.24, 2.45) is 0 Å². The molecular weight excluding hydrogens is 407 g/mol. The average Bonchev–Trinajstić information content (AvgIpc) is 2.78. The van der Waals surface area contributed by atoms with Crippen LogP contribution in [0, 0.1) is 0 Å². The van der Waals surface area contributed by atoms with Crippen molar-refractivity contribution in [1.29, 1.82) is 0 Å². The molecule has 1 saturated heterocycles. The minimum Gasteiger partial charge on any atom is -0.366 e. The third-order valence-corrected chi connectivity index (χ3v) is 5.07. The molecule has 3 aromatic heterocycles. The molecule has 10 heteroatoms. The Kier molecular flexibility index (Phi) is 5.99. The first-order chi connectivity index (χ1) is 14.9. The molecule has 1 fully saturated rings. The number of nitrogens with one attached hydrogen (secondary N) is 1. The van der Waals surface area contributed by atoms with E-state index in [1.807, 2.05) is 12.1 Å². The first kappa shape index (κ1) is 21.0. The Morgan fingerprint density at radius 2 is 1.74 bits per heavy atom. The maximum Gasteiger partial charge on any atom is 0.433 e. The molecule has 4 rings (SSSR count). The highest BCUT2D eigenvalue weighted by Crippen LogP contribution is 2.30. The maximum atomic E-state index is 13.3. The number of nitrogens with zero attached hydrogens (tertiary/aromatic N) is 6. The summed E-state index contributed by atoms with van der Waals surface area (Å²) in [5.74, 6) is 0.985. The fourth-order valence-electron chi connectivity index (χ4n) is 3.25. The Morgan fingerprint density at radius 3 is 2.39 bits per heavy atom. The first-order valence-corrected chi connectivity index (χ1v) is 9.87. The van der Waals surface area contributed by atoms with E-state index in [4.69, 9.17) is 0 Å². The van der Waals surface area contributed by atoms with Crippen molar-refractivity contribution in [3.63, 3.8) is 0 Å². The molecule has 0 aromatic carbocycles. The van der Waals surface area contributed by atoms with Gasteiger partial charge in [-0.25, -0.2) is 15.0 Å². The molecule has 1 aliphatic rings. The molecule has 4 heterocycles. The van der Waals surface area contributed by atoms with E-state index in [-0.39, 0.29) is 11.6 Å². The number of aromatic nitrogens is 4. The molecule has 162 valence electrons. The van der Waals surface area contributed by atoms with Crippen LogP contribution < -0.4 is 10.2 Å². The van der Waals surface area contributed by atoms with Crippen molar-refractivity contribution in [2.45, 2.75) is 12.7 Å². The van der Waals surface area contributed by atoms with Crippen LogP contribution in [0.2, 0.25) is 0 Å². The number of pyridine rings is 2. The molecule has 0 amide bonds. The second kappa shape index (κ2) is 8.84. The lowest BCUT2D eigenvalue weighted by atomic mass is 10.2. The molecule has 0 radical (unpaired) electrons. The molecule has 0 unspecified atom stereocenters. The number of rotatable bonds is 5. The Bertz CT molecular complexity index is 1000. The fraction of sp³-hybridized carbons (Fsp3) is 0.333. The number of likely N-dealkylation sites (N-methyl/N-ethyl adjacent to an activating group) is 1. The van der Waals surface area contributed by atoms with Gasteiger partial charge in [-0.3, -0.25) is 4.98 Å². The van der Waals surface area contributed by atoms with Crippen LogP contribution in [0.5, 0.6) is 0 Å². The molecule has 0 saturated carbocycles. The van der Waals surface area contributed by atoms with Gasteiger partial charge in [-0.05, 0) is 30.8 Å². The van der Waals surface area contributed by atoms with Gasteiger partial charge in [0.15, 0.2) is 11.5 Å². The van der Waals surface area contributed by atoms with Crippen molar-refractivity contribution in [3.05, 3.63) is 60.2 Å². The predicted octanol–water partition coefficient (Wildman–Crippen LogP) is 3.32. The number of hydrogen-bond acceptors (Lipinski definition) is 7. The number of halogens is 3. The lowest BCUT2D eigenvalue weighted by Crippen LogP contribution is -2.44. The van der Waals surface area contributed by atoms with E-state index in [9.17, 15) is 13.2 Å². The number of anilines is 2. The summed E-state index contributed by atoms with van der Waals surface area (Å²) in [6, 6.07) is 7.91. The van der Waals surface area contributed by atoms with Crippen LogP contribution in [0.25, 0.3) is 11.4 Å². The second-order valence-corrected chi connectivity index (χ2v) is 7.36. The van der Waals surface area contributed by atoms with Crippen LogP contribution in [0.15, 0.2) is 48.9 Å². The molecule has 3 aromatic rings. The van der Waals surface area contributed by atoms with Crippen LogP contribution in [0.4, 0.5) is 24.8 Å². The Labute approximate surface area is 178 Å². The molecule has 7 nitrogen and oxygen atoms in total. The van der Waals surface area contributed by atoms with Crippen LogP contribution >= 0.6 is 0 Å². The lowest BCUT2D eigenvalue weighted by molar-refractivity contribution is -0.141. The summed E-state index contributed by atoms with van der Waals surface area (Å²) in [4.78, 5) is 20.8. The quantitative estimate of drug-likeness (QED) is 0.667. The van der Waals surface area contributed by atoms with Crippen LogP contribution in [0.1, 0.15) is 11.3 Å². The Hall–Kier alpha value is -3.27. The zero-order valence-corrected chi connectivity index (χ0v) is 17.0. The Morgan fingerprint density at radius 1 is 1.00 bits per heavy atom. The monoisotopic (exact) mass is 429 g/mol. The Balaban J connectivity index is 1.49. The lowest BCUT2D eigenvalue weighted by Gasteiger charge is -2.33. The standard InChI is InChI=1S/C21H22F3N7/c1-30-8-10-31(11-9-30)19-3-2-15(14-27-19)13-26-18-12-17(21(22,23)24)28-20(29-18)16-4-6-25-7-5-16/h2-7,12,14H,8-11,13H2,1H3,(H,26,28,29). The van der Waals surface area contributed by atoms with Gasteiger partial charge in [-0.2, -0.15) is 13.2 Å². The van der Waals surface area contributed by atoms with Gasteiger partial charge in [-0.15, -0.1) is 0 Å². The maximum absolute atomic E-state index is 13.3. The summed E-state index contributed by atoms with van der Waals surface area (Å²) in [7, 11) is 2.09. The van der Waals surface area contributed by atoms with Gasteiger partial charge in [0.2, 0.25) is 0 Å². The highest BCUT2D eigenvalue weighted by molar-refractivity contribution is 5.57. The van der Waals surface area contributed by atoms with Gasteiger partial charge in [0, 0.05) is 62.9 Å². The molecule has 1 N–H and O–H groups in total. The number of piperazine rings is 1. The molecule has 0 aliphatic carbocycles. The van der Waals surface area contributed by atoms with Crippen molar-refractivity contribution >= 4 is 11.6 Å². The second-order valence-electron chi connectivity index (χ2n) is 7.36. The predicted molar refractivity (Wildman–Crippen MR) is 112 cm³/mol. The van der Waals surface area contributed by atoms with Gasteiger partial charge < -0.3 is 15.1 Å². The normalized spacial score (nSPS) is 15.2. The fourth-order valence-corrected chi connectivity index (χ4v) is 3.25. The van der Waals surface area contributed by atoms with Gasteiger partial charge >= 0.3 is 6.18 Å². The van der Waals surface area contributed by atoms with E-state index >= 15 is 0 Å². The molecule has 0 spiro atoms. The molecule has 0 bridgehead atoms. The van der Waals surface area contributed by atoms with E-state index in [2.05, 4.69) is 42.1 Å². The van der Waals surface area contributed by atoms with Crippen molar-refractivity contribution in [1.82, 2.24) is 24.8 Å². The van der Waals surface area contributed by atoms with Crippen molar-refractivity contribution in [3.8, 4) is 11.4 Å². The summed E-state index contributed by atoms with van der Waals surface area (Å²) in [6.07, 6.45) is 0.127. The zero-order chi connectivity index (χ0) is 21.8. The SMILES string of the molecule is CN1CCN(c2ccc(CNc3cc(C(F)(F)F)nc(-c4ccncc4)n3)cn2)CC1. The van der Waals surface area contributed by atoms with E-state index in [1.54, 1.807) is 18.3 Å². The minimum absolute atomic E-state index is 0.0109. The highest BCUT2D eigenvalue weighted by Gasteiger charge is 2.33. The topological polar surface area (TPSA) is 70.1 Å². The third kappa shape index (κ3) is 5.26. The summed E-state index contributed by atoms with van der Waals surface area (Å²) in [6.45, 7) is 4.10. The number of alkyl halides is 3. The number of hydrogen-bond donors (Lipinski definition) is 1. The minimum atomic E-state index is -4.58. The van der Waals surface area contributed by atoms with E-state index in [1.165, 1.54) is 12.4 Å². The van der Waals surface area contributed by atoms with Crippen LogP contribution in [0.3, 0.4) is 0 Å². The smallest absolute Gasteiger partial charge is 0.366 e. The molecule has 1 aliphatic heterocycles. The summed E-state index contributed by atoms with van der Waals surface area (Å²) in [5, 5.41) is 2.96. The van der Waals surface area contributed by atoms with Crippen molar-refractivity contribution < 1.29 is 13.2 Å². The molecular formula is C21H22F3N7. The van der Waals surface area contributed by atoms with Gasteiger partial charge in [0.1, 0.15) is 11.6 Å². The van der Waals surface area contributed by atoms with E-state index < -0.39 is 11.9 Å². The molecule has 31 heavy (non-hydrogen) atoms. The average molecular weight is 429 g/mol. The summed E-state index contributed by atoms with van der Waals surface area (Å²) < 4.78 is 40.0. The molecule has 0 atom stereocenters. The summed E-state index contributed by atoms with van der Waals surface area (Å²) in [5.41, 5.74) is 0.304. The first-order valence-electron chi connectivity index (χ1n) is 9.87. The van der Waals surface area contributed by atoms with Crippen molar-refractivity contribution in [2.75, 3.05) is 43.4 Å². The largest absolute Gasteiger partial charge is 0.433 e. The zero-order valence-electron chi connectivity index (χ0n) is 17.0. The van der Waals surface area contributed by atoms with E-state index in [0.717, 1.165) is 43.6 Å². The summed E-state index contributed by atoms with van der Waals surface area (Å²) >= 11 is 0. The van der Waals surface area contributed by atoms with Crippen LogP contribution in [-0.2, 0) is 12.7 Å². The van der Waals surface area contributed by atoms with E-state index in [0.29, 0.717) is 12.1 Å². The van der Waals surface area contributed by atoms with Gasteiger partial charge in [-0.1, -0.05) is 6.07 Å². The van der Waals surface area contributed by atoms with Gasteiger partial charge in [0.25, 0.3) is 0 Å². The highest BCUT2D eigenvalue weighted by atomic mass is 19.4. The van der Waals surface area contributed by atoms with Gasteiger partial charge in [0.05, 0.1) is 0 Å².